The average Bonchev–Trinajstić information content (AvgIpc) is 2.85. The summed E-state index contributed by atoms with van der Waals surface area (Å²) in [6.45, 7) is 8.92. The molecule has 2 N–H and O–H groups in total. The fourth-order valence-electron chi connectivity index (χ4n) is 4.06. The maximum atomic E-state index is 11.8. The second-order valence-electron chi connectivity index (χ2n) is 9.41. The number of hydrogen-bond acceptors (Lipinski definition) is 4. The van der Waals surface area contributed by atoms with E-state index in [1.165, 1.54) is 11.1 Å². The molecule has 0 radical (unpaired) electrons. The van der Waals surface area contributed by atoms with Gasteiger partial charge in [-0.15, -0.1) is 0 Å². The summed E-state index contributed by atoms with van der Waals surface area (Å²) in [5.74, 6) is 1.97. The van der Waals surface area contributed by atoms with Gasteiger partial charge in [-0.25, -0.2) is 0 Å². The Bertz CT molecular complexity index is 928. The standard InChI is InChI=1S/C30H44N2O2S/c1-4-32(19-10-7-5-6-8-13-25(3)23-35)28-22-27(30(31)33)17-18-29(28)34-20-11-9-15-26-16-12-14-24(2)21-26/h6,8,12,14,16-18,21-22,25,35H,4-5,7,9-11,13,15,19-20,23H2,1-3H3,(H2,31,33)/b8-6+/t25-/m0/s1. The molecule has 0 heterocycles. The first-order valence-corrected chi connectivity index (χ1v) is 13.7. The minimum Gasteiger partial charge on any atom is -0.491 e. The highest BCUT2D eigenvalue weighted by molar-refractivity contribution is 7.80. The highest BCUT2D eigenvalue weighted by Gasteiger charge is 2.14. The molecule has 0 saturated heterocycles. The molecule has 0 saturated carbocycles. The van der Waals surface area contributed by atoms with Crippen LogP contribution in [0.25, 0.3) is 0 Å². The molecule has 0 unspecified atom stereocenters. The Kier molecular flexibility index (Phi) is 13.4. The van der Waals surface area contributed by atoms with E-state index in [0.29, 0.717) is 18.1 Å². The zero-order valence-electron chi connectivity index (χ0n) is 21.8. The summed E-state index contributed by atoms with van der Waals surface area (Å²) < 4.78 is 6.20. The maximum Gasteiger partial charge on any atom is 0.248 e. The molecule has 1 amide bonds. The number of hydrogen-bond donors (Lipinski definition) is 2. The Labute approximate surface area is 218 Å². The molecule has 2 rings (SSSR count). The van der Waals surface area contributed by atoms with Gasteiger partial charge in [0.25, 0.3) is 0 Å². The SMILES string of the molecule is CCN(CCCC/C=C/C[C@H](C)CS)c1cc(C(N)=O)ccc1OCCCCc1cccc(C)c1. The van der Waals surface area contributed by atoms with Crippen LogP contribution in [0.4, 0.5) is 5.69 Å². The van der Waals surface area contributed by atoms with Crippen LogP contribution >= 0.6 is 12.6 Å². The molecular formula is C30H44N2O2S. The van der Waals surface area contributed by atoms with Crippen LogP contribution in [0.5, 0.6) is 5.75 Å². The number of nitrogens with zero attached hydrogens (tertiary/aromatic N) is 1. The minimum absolute atomic E-state index is 0.410. The number of anilines is 1. The van der Waals surface area contributed by atoms with Gasteiger partial charge in [-0.05, 0) is 94.2 Å². The zero-order chi connectivity index (χ0) is 25.5. The fraction of sp³-hybridized carbons (Fsp3) is 0.500. The minimum atomic E-state index is -0.410. The molecule has 2 aromatic carbocycles. The van der Waals surface area contributed by atoms with Gasteiger partial charge in [-0.1, -0.05) is 48.9 Å². The molecule has 0 bridgehead atoms. The number of unbranched alkanes of at least 4 members (excludes halogenated alkanes) is 3. The van der Waals surface area contributed by atoms with Crippen molar-refractivity contribution in [2.75, 3.05) is 30.3 Å². The van der Waals surface area contributed by atoms with Crippen LogP contribution in [0.2, 0.25) is 0 Å². The summed E-state index contributed by atoms with van der Waals surface area (Å²) in [5, 5.41) is 0. The van der Waals surface area contributed by atoms with Crippen LogP contribution < -0.4 is 15.4 Å². The molecule has 5 heteroatoms. The number of carbonyl (C=O) groups is 1. The van der Waals surface area contributed by atoms with Gasteiger partial charge in [-0.3, -0.25) is 4.79 Å². The Balaban J connectivity index is 1.89. The van der Waals surface area contributed by atoms with Crippen molar-refractivity contribution in [2.24, 2.45) is 11.7 Å². The molecule has 2 aromatic rings. The third kappa shape index (κ3) is 10.8. The van der Waals surface area contributed by atoms with Gasteiger partial charge < -0.3 is 15.4 Å². The van der Waals surface area contributed by atoms with Crippen LogP contribution in [0.1, 0.15) is 73.9 Å². The Morgan fingerprint density at radius 1 is 1.11 bits per heavy atom. The van der Waals surface area contributed by atoms with Crippen molar-refractivity contribution in [1.29, 1.82) is 0 Å². The summed E-state index contributed by atoms with van der Waals surface area (Å²) in [6, 6.07) is 14.2. The first-order chi connectivity index (χ1) is 16.9. The number of amides is 1. The quantitative estimate of drug-likeness (QED) is 0.141. The van der Waals surface area contributed by atoms with Crippen molar-refractivity contribution >= 4 is 24.2 Å². The summed E-state index contributed by atoms with van der Waals surface area (Å²) >= 11 is 4.34. The number of primary amides is 1. The molecule has 35 heavy (non-hydrogen) atoms. The normalized spacial score (nSPS) is 12.1. The van der Waals surface area contributed by atoms with Crippen molar-refractivity contribution < 1.29 is 9.53 Å². The molecule has 192 valence electrons. The summed E-state index contributed by atoms with van der Waals surface area (Å²) in [4.78, 5) is 14.1. The van der Waals surface area contributed by atoms with Gasteiger partial charge >= 0.3 is 0 Å². The number of allylic oxidation sites excluding steroid dienone is 2. The molecule has 0 fully saturated rings. The van der Waals surface area contributed by atoms with E-state index in [2.05, 4.69) is 74.7 Å². The van der Waals surface area contributed by atoms with E-state index >= 15 is 0 Å². The van der Waals surface area contributed by atoms with Crippen LogP contribution in [-0.4, -0.2) is 31.4 Å². The van der Waals surface area contributed by atoms with E-state index in [4.69, 9.17) is 10.5 Å². The van der Waals surface area contributed by atoms with E-state index < -0.39 is 5.91 Å². The second kappa shape index (κ2) is 16.3. The number of rotatable bonds is 17. The predicted octanol–water partition coefficient (Wildman–Crippen LogP) is 7.00. The van der Waals surface area contributed by atoms with E-state index in [-0.39, 0.29) is 0 Å². The number of carbonyl (C=O) groups excluding carboxylic acids is 1. The molecule has 1 atom stereocenters. The van der Waals surface area contributed by atoms with Gasteiger partial charge in [0.05, 0.1) is 12.3 Å². The average molecular weight is 497 g/mol. The molecule has 0 aliphatic carbocycles. The molecule has 0 spiro atoms. The lowest BCUT2D eigenvalue weighted by Gasteiger charge is -2.26. The second-order valence-corrected chi connectivity index (χ2v) is 9.78. The van der Waals surface area contributed by atoms with Crippen LogP contribution in [0.3, 0.4) is 0 Å². The van der Waals surface area contributed by atoms with E-state index in [9.17, 15) is 4.79 Å². The van der Waals surface area contributed by atoms with Gasteiger partial charge in [0.2, 0.25) is 5.91 Å². The predicted molar refractivity (Wildman–Crippen MR) is 153 cm³/mol. The number of thiol groups is 1. The molecule has 0 aliphatic heterocycles. The smallest absolute Gasteiger partial charge is 0.248 e. The topological polar surface area (TPSA) is 55.6 Å². The summed E-state index contributed by atoms with van der Waals surface area (Å²) in [6.07, 6.45) is 12.1. The molecule has 0 aromatic heterocycles. The summed E-state index contributed by atoms with van der Waals surface area (Å²) in [7, 11) is 0. The first kappa shape index (κ1) is 28.8. The third-order valence-corrected chi connectivity index (χ3v) is 6.85. The molecule has 4 nitrogen and oxygen atoms in total. The van der Waals surface area contributed by atoms with Crippen molar-refractivity contribution in [3.8, 4) is 5.75 Å². The van der Waals surface area contributed by atoms with Crippen molar-refractivity contribution in [2.45, 2.75) is 65.7 Å². The number of benzene rings is 2. The first-order valence-electron chi connectivity index (χ1n) is 13.1. The van der Waals surface area contributed by atoms with Crippen molar-refractivity contribution in [3.63, 3.8) is 0 Å². The highest BCUT2D eigenvalue weighted by Crippen LogP contribution is 2.30. The van der Waals surface area contributed by atoms with Crippen molar-refractivity contribution in [3.05, 3.63) is 71.3 Å². The highest BCUT2D eigenvalue weighted by atomic mass is 32.1. The third-order valence-electron chi connectivity index (χ3n) is 6.23. The van der Waals surface area contributed by atoms with Crippen LogP contribution in [-0.2, 0) is 6.42 Å². The Morgan fingerprint density at radius 3 is 2.66 bits per heavy atom. The lowest BCUT2D eigenvalue weighted by atomic mass is 10.1. The van der Waals surface area contributed by atoms with Gasteiger partial charge in [0.1, 0.15) is 5.75 Å². The molecule has 0 aliphatic rings. The maximum absolute atomic E-state index is 11.8. The van der Waals surface area contributed by atoms with Gasteiger partial charge in [0.15, 0.2) is 0 Å². The number of ether oxygens (including phenoxy) is 1. The van der Waals surface area contributed by atoms with Crippen molar-refractivity contribution in [1.82, 2.24) is 0 Å². The monoisotopic (exact) mass is 496 g/mol. The van der Waals surface area contributed by atoms with E-state index in [1.807, 2.05) is 12.1 Å². The van der Waals surface area contributed by atoms with E-state index in [1.54, 1.807) is 6.07 Å². The molecular weight excluding hydrogens is 452 g/mol. The summed E-state index contributed by atoms with van der Waals surface area (Å²) in [5.41, 5.74) is 9.72. The van der Waals surface area contributed by atoms with Crippen LogP contribution in [0.15, 0.2) is 54.6 Å². The largest absolute Gasteiger partial charge is 0.491 e. The fourth-order valence-corrected chi connectivity index (χ4v) is 4.20. The Morgan fingerprint density at radius 2 is 1.94 bits per heavy atom. The zero-order valence-corrected chi connectivity index (χ0v) is 22.7. The Hall–Kier alpha value is -2.40. The number of nitrogens with two attached hydrogens (primary N) is 1. The lowest BCUT2D eigenvalue weighted by Crippen LogP contribution is -2.25. The van der Waals surface area contributed by atoms with Crippen LogP contribution in [0, 0.1) is 12.8 Å². The van der Waals surface area contributed by atoms with Gasteiger partial charge in [0, 0.05) is 18.7 Å². The van der Waals surface area contributed by atoms with E-state index in [0.717, 1.165) is 75.2 Å². The lowest BCUT2D eigenvalue weighted by molar-refractivity contribution is 0.100. The van der Waals surface area contributed by atoms with Gasteiger partial charge in [-0.2, -0.15) is 12.6 Å². The number of aryl methyl sites for hydroxylation is 2.